The minimum absolute atomic E-state index is 0.708. The van der Waals surface area contributed by atoms with Gasteiger partial charge in [0.25, 0.3) is 0 Å². The highest BCUT2D eigenvalue weighted by atomic mass is 32.1. The Morgan fingerprint density at radius 3 is 1.16 bits per heavy atom. The van der Waals surface area contributed by atoms with Crippen molar-refractivity contribution >= 4 is 128 Å². The summed E-state index contributed by atoms with van der Waals surface area (Å²) in [5.74, 6) is 0.708. The minimum Gasteiger partial charge on any atom is -0.248 e. The molecule has 0 spiro atoms. The van der Waals surface area contributed by atoms with Crippen LogP contribution in [-0.2, 0) is 0 Å². The highest BCUT2D eigenvalue weighted by molar-refractivity contribution is 7.26. The highest BCUT2D eigenvalue weighted by Gasteiger charge is 2.23. The Bertz CT molecular complexity index is 6090. The molecular formula is C87H51N3S2. The number of thiophene rings is 2. The van der Waals surface area contributed by atoms with Crippen LogP contribution in [0.5, 0.6) is 0 Å². The zero-order valence-corrected chi connectivity index (χ0v) is 51.2. The van der Waals surface area contributed by atoms with Gasteiger partial charge in [-0.1, -0.05) is 237 Å². The van der Waals surface area contributed by atoms with Crippen molar-refractivity contribution in [2.45, 2.75) is 0 Å². The van der Waals surface area contributed by atoms with Gasteiger partial charge in [0, 0.05) is 68.2 Å². The van der Waals surface area contributed by atoms with E-state index in [4.69, 9.17) is 15.0 Å². The third kappa shape index (κ3) is 8.51. The Morgan fingerprint density at radius 2 is 0.598 bits per heavy atom. The first kappa shape index (κ1) is 52.5. The molecule has 426 valence electrons. The van der Waals surface area contributed by atoms with Crippen molar-refractivity contribution in [2.24, 2.45) is 0 Å². The maximum absolute atomic E-state index is 5.58. The van der Waals surface area contributed by atoms with Crippen LogP contribution in [0, 0.1) is 0 Å². The summed E-state index contributed by atoms with van der Waals surface area (Å²) >= 11 is 3.74. The molecule has 0 aliphatic heterocycles. The van der Waals surface area contributed by atoms with Crippen molar-refractivity contribution < 1.29 is 0 Å². The molecule has 0 atom stereocenters. The van der Waals surface area contributed by atoms with Gasteiger partial charge in [-0.25, -0.2) is 15.0 Å². The fraction of sp³-hybridized carbons (Fsp3) is 0. The number of fused-ring (bicyclic) bond motifs is 12. The van der Waals surface area contributed by atoms with E-state index >= 15 is 0 Å². The monoisotopic (exact) mass is 1200 g/mol. The Hall–Kier alpha value is -11.5. The summed E-state index contributed by atoms with van der Waals surface area (Å²) in [6.07, 6.45) is 0. The van der Waals surface area contributed by atoms with E-state index in [1.807, 2.05) is 22.7 Å². The Kier molecular flexibility index (Phi) is 12.0. The van der Waals surface area contributed by atoms with E-state index in [1.54, 1.807) is 0 Å². The van der Waals surface area contributed by atoms with Gasteiger partial charge < -0.3 is 0 Å². The molecule has 0 radical (unpaired) electrons. The van der Waals surface area contributed by atoms with Crippen molar-refractivity contribution in [1.82, 2.24) is 15.0 Å². The molecule has 0 amide bonds. The van der Waals surface area contributed by atoms with Gasteiger partial charge in [-0.05, 0) is 171 Å². The van der Waals surface area contributed by atoms with Crippen LogP contribution >= 0.6 is 22.7 Å². The van der Waals surface area contributed by atoms with E-state index in [9.17, 15) is 0 Å². The summed E-state index contributed by atoms with van der Waals surface area (Å²) in [7, 11) is 0. The molecule has 0 fully saturated rings. The van der Waals surface area contributed by atoms with Gasteiger partial charge in [-0.2, -0.15) is 0 Å². The highest BCUT2D eigenvalue weighted by Crippen LogP contribution is 2.49. The number of benzene rings is 15. The Balaban J connectivity index is 0.696. The number of nitrogens with zero attached hydrogens (tertiary/aromatic N) is 3. The first-order chi connectivity index (χ1) is 45.6. The van der Waals surface area contributed by atoms with Crippen molar-refractivity contribution in [3.63, 3.8) is 0 Å². The maximum Gasteiger partial charge on any atom is 0.161 e. The number of pyridine rings is 1. The van der Waals surface area contributed by atoms with Gasteiger partial charge in [0.05, 0.1) is 22.8 Å². The second-order valence-corrected chi connectivity index (χ2v) is 26.2. The first-order valence-electron chi connectivity index (χ1n) is 31.3. The van der Waals surface area contributed by atoms with E-state index < -0.39 is 0 Å². The second-order valence-electron chi connectivity index (χ2n) is 24.1. The fourth-order valence-corrected chi connectivity index (χ4v) is 16.8. The molecule has 0 unspecified atom stereocenters. The summed E-state index contributed by atoms with van der Waals surface area (Å²) in [5, 5.41) is 19.5. The van der Waals surface area contributed by atoms with Gasteiger partial charge in [0.15, 0.2) is 5.82 Å². The Labute approximate surface area is 538 Å². The number of hydrogen-bond acceptors (Lipinski definition) is 5. The smallest absolute Gasteiger partial charge is 0.161 e. The zero-order valence-electron chi connectivity index (χ0n) is 49.6. The number of rotatable bonds is 8. The van der Waals surface area contributed by atoms with Gasteiger partial charge >= 0.3 is 0 Å². The minimum atomic E-state index is 0.708. The van der Waals surface area contributed by atoms with Gasteiger partial charge in [0.2, 0.25) is 0 Å². The summed E-state index contributed by atoms with van der Waals surface area (Å²) in [6, 6.07) is 113. The largest absolute Gasteiger partial charge is 0.248 e. The Morgan fingerprint density at radius 1 is 0.185 bits per heavy atom. The van der Waals surface area contributed by atoms with Crippen LogP contribution in [0.25, 0.3) is 195 Å². The molecule has 0 N–H and O–H groups in total. The van der Waals surface area contributed by atoms with E-state index in [1.165, 1.54) is 111 Å². The average molecular weight is 1200 g/mol. The van der Waals surface area contributed by atoms with E-state index in [0.29, 0.717) is 5.82 Å². The van der Waals surface area contributed by atoms with Crippen molar-refractivity contribution in [3.8, 4) is 89.8 Å². The van der Waals surface area contributed by atoms with Crippen LogP contribution in [-0.4, -0.2) is 15.0 Å². The van der Waals surface area contributed by atoms with Gasteiger partial charge in [-0.15, -0.1) is 22.7 Å². The molecule has 19 aromatic rings. The third-order valence-electron chi connectivity index (χ3n) is 18.8. The summed E-state index contributed by atoms with van der Waals surface area (Å²) < 4.78 is 5.14. The van der Waals surface area contributed by atoms with Gasteiger partial charge in [-0.3, -0.25) is 0 Å². The fourth-order valence-electron chi connectivity index (χ4n) is 14.6. The third-order valence-corrected chi connectivity index (χ3v) is 21.1. The molecule has 0 bridgehead atoms. The number of hydrogen-bond donors (Lipinski definition) is 0. The predicted molar refractivity (Wildman–Crippen MR) is 394 cm³/mol. The molecule has 5 heteroatoms. The van der Waals surface area contributed by atoms with Crippen molar-refractivity contribution in [3.05, 3.63) is 309 Å². The van der Waals surface area contributed by atoms with E-state index in [0.717, 1.165) is 77.7 Å². The van der Waals surface area contributed by atoms with E-state index in [2.05, 4.69) is 309 Å². The molecule has 4 heterocycles. The van der Waals surface area contributed by atoms with Crippen LogP contribution in [0.2, 0.25) is 0 Å². The lowest BCUT2D eigenvalue weighted by Gasteiger charge is -2.18. The molecule has 92 heavy (non-hydrogen) atoms. The topological polar surface area (TPSA) is 38.7 Å². The molecule has 0 saturated carbocycles. The average Bonchev–Trinajstić information content (AvgIpc) is 1.01. The standard InChI is InChI=1S/C87H51N3S2/c1-3-20-52(21-4-1)77-51-78(53-22-5-2-6-23-53)90-87(89-77)86-68-35-15-11-31-64(68)84(65-32-12-16-36-69(65)86)60-41-43-80-72(48-60)74-46-57-27-18-37-61(70(57)50-82(74)92-80)56-26-17-28-58(44-56)75-38-19-39-76(88-75)85-66-33-13-9-29-62(66)83(63-30-10-14-34-67(63)85)59-40-42-79-71(47-59)73-45-54-24-7-8-25-55(54)49-81(73)91-79/h1-51H. The molecule has 15 aromatic carbocycles. The summed E-state index contributed by atoms with van der Waals surface area (Å²) in [4.78, 5) is 16.3. The molecule has 4 aromatic heterocycles. The lowest BCUT2D eigenvalue weighted by Crippen LogP contribution is -1.98. The molecule has 0 saturated heterocycles. The predicted octanol–water partition coefficient (Wildman–Crippen LogP) is 24.9. The quantitative estimate of drug-likeness (QED) is 0.142. The normalized spacial score (nSPS) is 11.9. The van der Waals surface area contributed by atoms with Crippen LogP contribution < -0.4 is 0 Å². The molecule has 3 nitrogen and oxygen atoms in total. The van der Waals surface area contributed by atoms with Gasteiger partial charge in [0.1, 0.15) is 0 Å². The molecule has 0 aliphatic rings. The molecular weight excluding hydrogens is 1150 g/mol. The summed E-state index contributed by atoms with van der Waals surface area (Å²) in [6.45, 7) is 0. The van der Waals surface area contributed by atoms with Crippen LogP contribution in [0.1, 0.15) is 0 Å². The lowest BCUT2D eigenvalue weighted by molar-refractivity contribution is 1.19. The van der Waals surface area contributed by atoms with Crippen molar-refractivity contribution in [2.75, 3.05) is 0 Å². The lowest BCUT2D eigenvalue weighted by atomic mass is 9.87. The zero-order chi connectivity index (χ0) is 60.4. The van der Waals surface area contributed by atoms with E-state index in [-0.39, 0.29) is 0 Å². The van der Waals surface area contributed by atoms with Crippen LogP contribution in [0.3, 0.4) is 0 Å². The maximum atomic E-state index is 5.58. The first-order valence-corrected chi connectivity index (χ1v) is 32.9. The number of aromatic nitrogens is 3. The molecule has 0 aliphatic carbocycles. The SMILES string of the molecule is c1ccc(-c2cc(-c3ccccc3)nc(-c3c4ccccc4c(-c4ccc5sc6cc7c(-c8cccc(-c9cccc(-c%10c%11ccccc%11c(-c%11ccc%12sc%13cc%14ccccc%14cc%13c%12c%11)c%11ccccc%10%11)n9)c8)cccc7cc6c5c4)c4ccccc34)n2)cc1. The molecule has 19 rings (SSSR count). The second kappa shape index (κ2) is 21.1. The van der Waals surface area contributed by atoms with Crippen molar-refractivity contribution in [1.29, 1.82) is 0 Å². The summed E-state index contributed by atoms with van der Waals surface area (Å²) in [5.41, 5.74) is 16.2. The van der Waals surface area contributed by atoms with Crippen LogP contribution in [0.15, 0.2) is 309 Å². The van der Waals surface area contributed by atoms with Crippen LogP contribution in [0.4, 0.5) is 0 Å².